The second kappa shape index (κ2) is 6.06. The van der Waals surface area contributed by atoms with Crippen LogP contribution in [0, 0.1) is 6.92 Å². The lowest BCUT2D eigenvalue weighted by molar-refractivity contribution is -0.0486. The Kier molecular flexibility index (Phi) is 4.41. The van der Waals surface area contributed by atoms with Crippen LogP contribution in [-0.4, -0.2) is 33.5 Å². The Morgan fingerprint density at radius 2 is 2.35 bits per heavy atom. The minimum atomic E-state index is -0.718. The van der Waals surface area contributed by atoms with Crippen molar-refractivity contribution in [2.75, 3.05) is 6.61 Å². The van der Waals surface area contributed by atoms with Crippen LogP contribution in [0.5, 0.6) is 0 Å². The lowest BCUT2D eigenvalue weighted by Gasteiger charge is -2.15. The van der Waals surface area contributed by atoms with Gasteiger partial charge in [-0.05, 0) is 13.8 Å². The average molecular weight is 282 g/mol. The molecule has 20 heavy (non-hydrogen) atoms. The fraction of sp³-hybridized carbons (Fsp3) is 0.538. The molecule has 3 atom stereocenters. The van der Waals surface area contributed by atoms with Crippen LogP contribution < -0.4 is 11.2 Å². The van der Waals surface area contributed by atoms with Gasteiger partial charge in [0.05, 0.1) is 12.4 Å². The van der Waals surface area contributed by atoms with Crippen molar-refractivity contribution in [2.45, 2.75) is 38.7 Å². The Hall–Kier alpha value is -1.86. The van der Waals surface area contributed by atoms with Crippen LogP contribution in [-0.2, 0) is 9.47 Å². The summed E-state index contributed by atoms with van der Waals surface area (Å²) >= 11 is 0. The van der Waals surface area contributed by atoms with Crippen molar-refractivity contribution in [1.82, 2.24) is 9.55 Å². The van der Waals surface area contributed by atoms with Crippen molar-refractivity contribution in [3.05, 3.63) is 44.9 Å². The molecule has 1 aromatic heterocycles. The number of aliphatic hydroxyl groups excluding tert-OH is 1. The molecule has 0 radical (unpaired) electrons. The van der Waals surface area contributed by atoms with Crippen molar-refractivity contribution in [1.29, 1.82) is 0 Å². The molecular weight excluding hydrogens is 264 g/mol. The summed E-state index contributed by atoms with van der Waals surface area (Å²) in [6.45, 7) is 3.63. The summed E-state index contributed by atoms with van der Waals surface area (Å²) in [5.41, 5.74) is -0.554. The number of aryl methyl sites for hydroxylation is 1. The first-order valence-electron chi connectivity index (χ1n) is 6.41. The minimum Gasteiger partial charge on any atom is -0.499 e. The fourth-order valence-electron chi connectivity index (χ4n) is 2.08. The number of rotatable bonds is 4. The highest BCUT2D eigenvalue weighted by Crippen LogP contribution is 2.27. The van der Waals surface area contributed by atoms with E-state index in [4.69, 9.17) is 9.47 Å². The highest BCUT2D eigenvalue weighted by Gasteiger charge is 2.35. The van der Waals surface area contributed by atoms with Crippen LogP contribution >= 0.6 is 0 Å². The third-order valence-electron chi connectivity index (χ3n) is 3.15. The molecule has 0 amide bonds. The highest BCUT2D eigenvalue weighted by atomic mass is 16.6. The average Bonchev–Trinajstić information content (AvgIpc) is 2.76. The lowest BCUT2D eigenvalue weighted by atomic mass is 10.2. The number of hydrogen-bond acceptors (Lipinski definition) is 5. The van der Waals surface area contributed by atoms with Crippen LogP contribution in [0.25, 0.3) is 0 Å². The van der Waals surface area contributed by atoms with Gasteiger partial charge in [0.25, 0.3) is 5.56 Å². The lowest BCUT2D eigenvalue weighted by Crippen LogP contribution is -2.33. The van der Waals surface area contributed by atoms with Gasteiger partial charge in [0.1, 0.15) is 18.9 Å². The normalized spacial score (nSPS) is 26.2. The number of nitrogens with zero attached hydrogens (tertiary/aromatic N) is 1. The molecule has 2 heterocycles. The summed E-state index contributed by atoms with van der Waals surface area (Å²) in [6.07, 6.45) is 3.13. The van der Waals surface area contributed by atoms with Crippen LogP contribution in [0.4, 0.5) is 0 Å². The number of allylic oxidation sites excluding steroid dienone is 1. The van der Waals surface area contributed by atoms with Crippen molar-refractivity contribution < 1.29 is 14.6 Å². The Bertz CT molecular complexity index is 604. The van der Waals surface area contributed by atoms with Gasteiger partial charge in [-0.25, -0.2) is 4.79 Å². The Morgan fingerprint density at radius 1 is 1.60 bits per heavy atom. The zero-order valence-electron chi connectivity index (χ0n) is 11.4. The predicted molar refractivity (Wildman–Crippen MR) is 71.4 cm³/mol. The fourth-order valence-corrected chi connectivity index (χ4v) is 2.08. The second-order valence-electron chi connectivity index (χ2n) is 4.71. The molecule has 0 aliphatic carbocycles. The number of H-pyrrole nitrogens is 1. The van der Waals surface area contributed by atoms with Gasteiger partial charge in [-0.2, -0.15) is 0 Å². The Morgan fingerprint density at radius 3 is 3.05 bits per heavy atom. The monoisotopic (exact) mass is 282 g/mol. The van der Waals surface area contributed by atoms with E-state index in [1.807, 2.05) is 6.92 Å². The molecule has 1 fully saturated rings. The van der Waals surface area contributed by atoms with Gasteiger partial charge < -0.3 is 14.6 Å². The van der Waals surface area contributed by atoms with E-state index in [0.29, 0.717) is 5.56 Å². The third kappa shape index (κ3) is 3.00. The maximum absolute atomic E-state index is 11.8. The maximum Gasteiger partial charge on any atom is 0.330 e. The third-order valence-corrected chi connectivity index (χ3v) is 3.15. The molecule has 1 aromatic rings. The van der Waals surface area contributed by atoms with Crippen molar-refractivity contribution >= 4 is 0 Å². The number of ether oxygens (including phenoxy) is 2. The van der Waals surface area contributed by atoms with Crippen molar-refractivity contribution in [2.24, 2.45) is 0 Å². The quantitative estimate of drug-likeness (QED) is 0.761. The molecule has 1 aliphatic rings. The van der Waals surface area contributed by atoms with Gasteiger partial charge in [-0.3, -0.25) is 14.3 Å². The predicted octanol–water partition coefficient (Wildman–Crippen LogP) is 0.0436. The van der Waals surface area contributed by atoms with Crippen LogP contribution in [0.1, 0.15) is 25.1 Å². The standard InChI is InChI=1S/C13H18N2O5/c1-3-4-19-7-10-9(16)5-11(20-10)15-6-8(2)12(17)14-13(15)18/h3-4,6,9-11,16H,5,7H2,1-2H3,(H,14,17,18)/t9-,10-,11-/m1/s1. The number of aromatic nitrogens is 2. The summed E-state index contributed by atoms with van der Waals surface area (Å²) in [6, 6.07) is 0. The number of nitrogens with one attached hydrogen (secondary N) is 1. The van der Waals surface area contributed by atoms with Gasteiger partial charge in [0, 0.05) is 18.2 Å². The van der Waals surface area contributed by atoms with E-state index in [1.54, 1.807) is 13.0 Å². The highest BCUT2D eigenvalue weighted by molar-refractivity contribution is 5.02. The van der Waals surface area contributed by atoms with Gasteiger partial charge in [0.2, 0.25) is 0 Å². The Balaban J connectivity index is 2.14. The SMILES string of the molecule is CC=COC[C@H]1O[C@@H](n2cc(C)c(=O)[nH]c2=O)C[C@H]1O. The first kappa shape index (κ1) is 14.5. The summed E-state index contributed by atoms with van der Waals surface area (Å²) in [5, 5.41) is 9.92. The molecule has 7 nitrogen and oxygen atoms in total. The number of aliphatic hydroxyl groups is 1. The van der Waals surface area contributed by atoms with Crippen molar-refractivity contribution in [3.63, 3.8) is 0 Å². The van der Waals surface area contributed by atoms with E-state index >= 15 is 0 Å². The first-order valence-corrected chi connectivity index (χ1v) is 6.41. The molecule has 1 saturated heterocycles. The zero-order valence-corrected chi connectivity index (χ0v) is 11.4. The van der Waals surface area contributed by atoms with E-state index in [0.717, 1.165) is 0 Å². The van der Waals surface area contributed by atoms with E-state index in [2.05, 4.69) is 4.98 Å². The summed E-state index contributed by atoms with van der Waals surface area (Å²) in [4.78, 5) is 25.3. The maximum atomic E-state index is 11.8. The minimum absolute atomic E-state index is 0.207. The zero-order chi connectivity index (χ0) is 14.7. The topological polar surface area (TPSA) is 93.5 Å². The Labute approximate surface area is 115 Å². The summed E-state index contributed by atoms with van der Waals surface area (Å²) in [7, 11) is 0. The van der Waals surface area contributed by atoms with Gasteiger partial charge in [-0.15, -0.1) is 0 Å². The second-order valence-corrected chi connectivity index (χ2v) is 4.71. The molecule has 7 heteroatoms. The van der Waals surface area contributed by atoms with Gasteiger partial charge in [0.15, 0.2) is 0 Å². The van der Waals surface area contributed by atoms with E-state index in [1.165, 1.54) is 17.0 Å². The summed E-state index contributed by atoms with van der Waals surface area (Å²) < 4.78 is 12.1. The molecule has 2 N–H and O–H groups in total. The molecule has 0 aromatic carbocycles. The van der Waals surface area contributed by atoms with E-state index in [-0.39, 0.29) is 13.0 Å². The van der Waals surface area contributed by atoms with E-state index in [9.17, 15) is 14.7 Å². The molecule has 0 unspecified atom stereocenters. The van der Waals surface area contributed by atoms with Crippen LogP contribution in [0.3, 0.4) is 0 Å². The summed E-state index contributed by atoms with van der Waals surface area (Å²) in [5.74, 6) is 0. The van der Waals surface area contributed by atoms with Crippen LogP contribution in [0.2, 0.25) is 0 Å². The number of aromatic amines is 1. The molecule has 2 rings (SSSR count). The molecule has 0 spiro atoms. The smallest absolute Gasteiger partial charge is 0.330 e. The molecule has 0 saturated carbocycles. The number of hydrogen-bond donors (Lipinski definition) is 2. The molecular formula is C13H18N2O5. The first-order chi connectivity index (χ1) is 9.52. The van der Waals surface area contributed by atoms with Gasteiger partial charge >= 0.3 is 5.69 Å². The van der Waals surface area contributed by atoms with Crippen molar-refractivity contribution in [3.8, 4) is 0 Å². The van der Waals surface area contributed by atoms with E-state index < -0.39 is 29.7 Å². The van der Waals surface area contributed by atoms with Crippen LogP contribution in [0.15, 0.2) is 28.1 Å². The van der Waals surface area contributed by atoms with Gasteiger partial charge in [-0.1, -0.05) is 6.08 Å². The largest absolute Gasteiger partial charge is 0.499 e. The molecule has 110 valence electrons. The molecule has 1 aliphatic heterocycles. The molecule has 0 bridgehead atoms.